The van der Waals surface area contributed by atoms with E-state index >= 15 is 0 Å². The monoisotopic (exact) mass is 548 g/mol. The first-order valence-electron chi connectivity index (χ1n) is 8.37. The Morgan fingerprint density at radius 3 is 2.31 bits per heavy atom. The van der Waals surface area contributed by atoms with Gasteiger partial charge < -0.3 is 5.11 Å². The van der Waals surface area contributed by atoms with E-state index in [-0.39, 0.29) is 29.4 Å². The predicted molar refractivity (Wildman–Crippen MR) is 118 cm³/mol. The van der Waals surface area contributed by atoms with Gasteiger partial charge in [0.1, 0.15) is 11.4 Å². The van der Waals surface area contributed by atoms with Crippen LogP contribution in [-0.2, 0) is 10.0 Å². The highest BCUT2D eigenvalue weighted by Gasteiger charge is 2.25. The van der Waals surface area contributed by atoms with Gasteiger partial charge in [-0.25, -0.2) is 8.42 Å². The summed E-state index contributed by atoms with van der Waals surface area (Å²) in [6.45, 7) is 3.91. The summed E-state index contributed by atoms with van der Waals surface area (Å²) in [5, 5.41) is 25.1. The van der Waals surface area contributed by atoms with Gasteiger partial charge in [-0.15, -0.1) is 0 Å². The Labute approximate surface area is 184 Å². The average molecular weight is 550 g/mol. The van der Waals surface area contributed by atoms with Crippen LogP contribution in [0.1, 0.15) is 19.4 Å². The van der Waals surface area contributed by atoms with E-state index in [0.717, 1.165) is 6.07 Å². The maximum atomic E-state index is 12.6. The van der Waals surface area contributed by atoms with Crippen molar-refractivity contribution >= 4 is 59.5 Å². The number of nitrogens with zero attached hydrogens (tertiary/aromatic N) is 3. The molecular formula is C17H18Br2N4O5S. The number of aromatic hydroxyl groups is 1. The fraction of sp³-hybridized carbons (Fsp3) is 0.235. The van der Waals surface area contributed by atoms with Crippen LogP contribution in [0.2, 0.25) is 0 Å². The molecular weight excluding hydrogens is 532 g/mol. The third-order valence-electron chi connectivity index (χ3n) is 3.95. The van der Waals surface area contributed by atoms with Crippen LogP contribution in [0.25, 0.3) is 0 Å². The molecule has 156 valence electrons. The molecule has 2 aromatic rings. The van der Waals surface area contributed by atoms with E-state index in [0.29, 0.717) is 14.5 Å². The summed E-state index contributed by atoms with van der Waals surface area (Å²) in [4.78, 5) is 10.6. The van der Waals surface area contributed by atoms with Crippen LogP contribution in [0.3, 0.4) is 0 Å². The Kier molecular flexibility index (Phi) is 7.74. The second-order valence-electron chi connectivity index (χ2n) is 5.73. The molecule has 0 saturated heterocycles. The zero-order valence-corrected chi connectivity index (χ0v) is 19.5. The fourth-order valence-electron chi connectivity index (χ4n) is 2.47. The number of phenols is 1. The van der Waals surface area contributed by atoms with E-state index < -0.39 is 20.6 Å². The van der Waals surface area contributed by atoms with Gasteiger partial charge in [-0.1, -0.05) is 13.8 Å². The highest BCUT2D eigenvalue weighted by Crippen LogP contribution is 2.33. The van der Waals surface area contributed by atoms with Crippen molar-refractivity contribution in [1.29, 1.82) is 0 Å². The summed E-state index contributed by atoms with van der Waals surface area (Å²) in [6, 6.07) is 6.83. The quantitative estimate of drug-likeness (QED) is 0.287. The van der Waals surface area contributed by atoms with Gasteiger partial charge in [0.25, 0.3) is 5.69 Å². The van der Waals surface area contributed by atoms with Crippen LogP contribution in [-0.4, -0.2) is 42.1 Å². The normalized spacial score (nSPS) is 11.9. The number of phenolic OH excluding ortho intramolecular Hbond substituents is 1. The van der Waals surface area contributed by atoms with Crippen molar-refractivity contribution < 1.29 is 18.4 Å². The van der Waals surface area contributed by atoms with E-state index in [1.807, 2.05) is 0 Å². The van der Waals surface area contributed by atoms with Crippen molar-refractivity contribution in [2.45, 2.75) is 18.7 Å². The summed E-state index contributed by atoms with van der Waals surface area (Å²) in [6.07, 6.45) is 1.40. The first-order valence-corrected chi connectivity index (χ1v) is 11.4. The molecule has 0 heterocycles. The maximum Gasteiger partial charge on any atom is 0.295 e. The number of hydrazone groups is 1. The standard InChI is InChI=1S/C17H18Br2N4O5S/c1-3-22(4-2)29(27,28)12-5-6-15(16(9-12)23(25)26)21-20-10-11-7-13(18)17(24)14(19)8-11/h5-10,21,24H,3-4H2,1-2H3. The highest BCUT2D eigenvalue weighted by molar-refractivity contribution is 9.11. The third kappa shape index (κ3) is 5.32. The number of sulfonamides is 1. The SMILES string of the molecule is CCN(CC)S(=O)(=O)c1ccc(NN=Cc2cc(Br)c(O)c(Br)c2)c([N+](=O)[O-])c1. The van der Waals surface area contributed by atoms with Crippen LogP contribution in [0, 0.1) is 10.1 Å². The van der Waals surface area contributed by atoms with Gasteiger partial charge in [0.15, 0.2) is 0 Å². The van der Waals surface area contributed by atoms with Gasteiger partial charge >= 0.3 is 0 Å². The van der Waals surface area contributed by atoms with E-state index in [4.69, 9.17) is 0 Å². The van der Waals surface area contributed by atoms with Gasteiger partial charge in [-0.05, 0) is 61.7 Å². The first kappa shape index (κ1) is 23.3. The lowest BCUT2D eigenvalue weighted by molar-refractivity contribution is -0.384. The van der Waals surface area contributed by atoms with Crippen molar-refractivity contribution in [3.63, 3.8) is 0 Å². The molecule has 0 spiro atoms. The molecule has 29 heavy (non-hydrogen) atoms. The molecule has 0 fully saturated rings. The minimum absolute atomic E-state index is 0.0377. The second kappa shape index (κ2) is 9.65. The number of anilines is 1. The molecule has 0 radical (unpaired) electrons. The Morgan fingerprint density at radius 1 is 1.21 bits per heavy atom. The lowest BCUT2D eigenvalue weighted by Gasteiger charge is -2.18. The third-order valence-corrected chi connectivity index (χ3v) is 7.20. The molecule has 0 unspecified atom stereocenters. The van der Waals surface area contributed by atoms with Crippen molar-refractivity contribution in [2.24, 2.45) is 5.10 Å². The van der Waals surface area contributed by atoms with Crippen molar-refractivity contribution in [3.05, 3.63) is 55.0 Å². The Hall–Kier alpha value is -2.02. The molecule has 9 nitrogen and oxygen atoms in total. The molecule has 0 saturated carbocycles. The summed E-state index contributed by atoms with van der Waals surface area (Å²) in [5.41, 5.74) is 2.80. The Balaban J connectivity index is 2.34. The van der Waals surface area contributed by atoms with E-state index in [1.165, 1.54) is 22.7 Å². The van der Waals surface area contributed by atoms with E-state index in [1.54, 1.807) is 26.0 Å². The van der Waals surface area contributed by atoms with Crippen molar-refractivity contribution in [3.8, 4) is 5.75 Å². The van der Waals surface area contributed by atoms with Crippen LogP contribution in [0.5, 0.6) is 5.75 Å². The lowest BCUT2D eigenvalue weighted by atomic mass is 10.2. The number of hydrogen-bond acceptors (Lipinski definition) is 7. The number of nitro groups is 1. The second-order valence-corrected chi connectivity index (χ2v) is 9.38. The van der Waals surface area contributed by atoms with E-state index in [2.05, 4.69) is 42.4 Å². The number of benzene rings is 2. The Bertz CT molecular complexity index is 1030. The number of halogens is 2. The smallest absolute Gasteiger partial charge is 0.295 e. The number of nitrogens with one attached hydrogen (secondary N) is 1. The molecule has 2 aromatic carbocycles. The molecule has 0 bridgehead atoms. The fourth-order valence-corrected chi connectivity index (χ4v) is 5.17. The number of nitro benzene ring substituents is 1. The van der Waals surface area contributed by atoms with Gasteiger partial charge in [0.05, 0.1) is 25.0 Å². The zero-order chi connectivity index (χ0) is 21.8. The lowest BCUT2D eigenvalue weighted by Crippen LogP contribution is -2.30. The number of hydrogen-bond donors (Lipinski definition) is 2. The highest BCUT2D eigenvalue weighted by atomic mass is 79.9. The average Bonchev–Trinajstić information content (AvgIpc) is 2.66. The summed E-state index contributed by atoms with van der Waals surface area (Å²) >= 11 is 6.40. The molecule has 0 aromatic heterocycles. The minimum atomic E-state index is -3.82. The first-order chi connectivity index (χ1) is 13.6. The number of rotatable bonds is 8. The van der Waals surface area contributed by atoms with Crippen LogP contribution < -0.4 is 5.43 Å². The topological polar surface area (TPSA) is 125 Å². The van der Waals surface area contributed by atoms with Gasteiger partial charge in [0.2, 0.25) is 10.0 Å². The van der Waals surface area contributed by atoms with Crippen molar-refractivity contribution in [2.75, 3.05) is 18.5 Å². The van der Waals surface area contributed by atoms with E-state index in [9.17, 15) is 23.6 Å². The van der Waals surface area contributed by atoms with Crippen molar-refractivity contribution in [1.82, 2.24) is 4.31 Å². The summed E-state index contributed by atoms with van der Waals surface area (Å²) in [5.74, 6) is 0.0377. The van der Waals surface area contributed by atoms with Crippen LogP contribution in [0.15, 0.2) is 49.3 Å². The summed E-state index contributed by atoms with van der Waals surface area (Å²) in [7, 11) is -3.82. The Morgan fingerprint density at radius 2 is 1.79 bits per heavy atom. The molecule has 0 aliphatic rings. The molecule has 2 N–H and O–H groups in total. The molecule has 0 atom stereocenters. The van der Waals surface area contributed by atoms with Crippen LogP contribution >= 0.6 is 31.9 Å². The van der Waals surface area contributed by atoms with Gasteiger partial charge in [0, 0.05) is 19.2 Å². The predicted octanol–water partition coefficient (Wildman–Crippen LogP) is 4.30. The molecule has 0 amide bonds. The molecule has 0 aliphatic heterocycles. The maximum absolute atomic E-state index is 12.6. The molecule has 0 aliphatic carbocycles. The molecule has 2 rings (SSSR count). The minimum Gasteiger partial charge on any atom is -0.506 e. The van der Waals surface area contributed by atoms with Gasteiger partial charge in [-0.3, -0.25) is 15.5 Å². The summed E-state index contributed by atoms with van der Waals surface area (Å²) < 4.78 is 27.3. The molecule has 12 heteroatoms. The largest absolute Gasteiger partial charge is 0.506 e. The van der Waals surface area contributed by atoms with Gasteiger partial charge in [-0.2, -0.15) is 9.41 Å². The zero-order valence-electron chi connectivity index (χ0n) is 15.5. The van der Waals surface area contributed by atoms with Crippen LogP contribution in [0.4, 0.5) is 11.4 Å².